The molecule has 3 aromatic rings. The minimum atomic E-state index is 0. The Hall–Kier alpha value is -1.69. The summed E-state index contributed by atoms with van der Waals surface area (Å²) in [6.45, 7) is 28.6. The molecule has 0 fully saturated rings. The number of rotatable bonds is 8. The summed E-state index contributed by atoms with van der Waals surface area (Å²) in [6.07, 6.45) is 0. The molecule has 1 heterocycles. The molecule has 0 saturated carbocycles. The predicted octanol–water partition coefficient (Wildman–Crippen LogP) is 1.79. The molecular formula is C36H49Cl3CoN3. The van der Waals surface area contributed by atoms with Crippen molar-refractivity contribution >= 4 is 22.8 Å². The molecule has 3 rings (SSSR count). The summed E-state index contributed by atoms with van der Waals surface area (Å²) >= 11 is 0. The number of hydrogen-bond donors (Lipinski definition) is 0. The van der Waals surface area contributed by atoms with Crippen molar-refractivity contribution < 1.29 is 54.0 Å². The minimum Gasteiger partial charge on any atom is -1.00 e. The molecule has 238 valence electrons. The normalized spacial score (nSPS) is 11.7. The Bertz CT molecular complexity index is 1260. The van der Waals surface area contributed by atoms with Crippen molar-refractivity contribution in [1.82, 2.24) is 4.98 Å². The third-order valence-corrected chi connectivity index (χ3v) is 7.38. The van der Waals surface area contributed by atoms with Crippen LogP contribution in [0.3, 0.4) is 0 Å². The average molecular weight is 689 g/mol. The maximum Gasteiger partial charge on any atom is 3.00 e. The number of hydrogen-bond acceptors (Lipinski definition) is 3. The van der Waals surface area contributed by atoms with E-state index in [1.165, 1.54) is 33.4 Å². The van der Waals surface area contributed by atoms with Crippen molar-refractivity contribution in [3.05, 3.63) is 86.7 Å². The number of aliphatic imine (C=N–C) groups is 2. The van der Waals surface area contributed by atoms with Crippen LogP contribution in [0.25, 0.3) is 0 Å². The summed E-state index contributed by atoms with van der Waals surface area (Å²) in [5.41, 5.74) is 14.8. The second-order valence-electron chi connectivity index (χ2n) is 12.5. The molecule has 0 N–H and O–H groups in total. The molecule has 0 aliphatic rings. The van der Waals surface area contributed by atoms with Gasteiger partial charge in [-0.1, -0.05) is 90.8 Å². The third kappa shape index (κ3) is 10.7. The van der Waals surface area contributed by atoms with Gasteiger partial charge in [-0.05, 0) is 98.2 Å². The van der Waals surface area contributed by atoms with Crippen LogP contribution in [0.1, 0.15) is 143 Å². The van der Waals surface area contributed by atoms with Gasteiger partial charge in [-0.2, -0.15) is 0 Å². The van der Waals surface area contributed by atoms with Crippen molar-refractivity contribution in [2.45, 2.75) is 114 Å². The molecule has 1 aromatic heterocycles. The first-order valence-corrected chi connectivity index (χ1v) is 14.6. The SMILES string of the molecule is CC(=Nc1c(C(C)C)cc(C)cc1C(C)C)c1cc(C)cc(C(C)=Nc2c(C(C)C)cc(C)cc2C(C)C)n1.[Cl-].[Cl-].[Cl-].[Co+3]. The molecule has 0 amide bonds. The molecule has 0 aliphatic carbocycles. The van der Waals surface area contributed by atoms with Crippen molar-refractivity contribution in [3.63, 3.8) is 0 Å². The molecule has 43 heavy (non-hydrogen) atoms. The monoisotopic (exact) mass is 687 g/mol. The van der Waals surface area contributed by atoms with Crippen molar-refractivity contribution in [2.75, 3.05) is 0 Å². The van der Waals surface area contributed by atoms with Gasteiger partial charge >= 0.3 is 16.8 Å². The Balaban J connectivity index is 0. The van der Waals surface area contributed by atoms with Crippen LogP contribution < -0.4 is 37.2 Å². The summed E-state index contributed by atoms with van der Waals surface area (Å²) in [5, 5.41) is 0. The minimum absolute atomic E-state index is 0. The second kappa shape index (κ2) is 18.3. The predicted molar refractivity (Wildman–Crippen MR) is 171 cm³/mol. The van der Waals surface area contributed by atoms with E-state index < -0.39 is 0 Å². The van der Waals surface area contributed by atoms with Crippen LogP contribution in [0.15, 0.2) is 46.4 Å². The molecule has 0 spiro atoms. The Morgan fingerprint density at radius 3 is 0.953 bits per heavy atom. The van der Waals surface area contributed by atoms with E-state index in [4.69, 9.17) is 15.0 Å². The summed E-state index contributed by atoms with van der Waals surface area (Å²) in [4.78, 5) is 15.6. The Morgan fingerprint density at radius 2 is 0.721 bits per heavy atom. The van der Waals surface area contributed by atoms with Gasteiger partial charge in [0.15, 0.2) is 0 Å². The molecule has 3 nitrogen and oxygen atoms in total. The van der Waals surface area contributed by atoms with Gasteiger partial charge in [0.1, 0.15) is 0 Å². The fraction of sp³-hybridized carbons (Fsp3) is 0.472. The summed E-state index contributed by atoms with van der Waals surface area (Å²) in [7, 11) is 0. The van der Waals surface area contributed by atoms with Gasteiger partial charge in [-0.25, -0.2) is 4.98 Å². The van der Waals surface area contributed by atoms with Crippen LogP contribution in [-0.4, -0.2) is 16.4 Å². The number of benzene rings is 2. The summed E-state index contributed by atoms with van der Waals surface area (Å²) in [6, 6.07) is 13.4. The topological polar surface area (TPSA) is 37.6 Å². The van der Waals surface area contributed by atoms with Gasteiger partial charge in [0.25, 0.3) is 0 Å². The standard InChI is InChI=1S/C36H49N3.3ClH.Co/c1-20(2)29-14-24(9)15-30(21(3)4)35(29)37-27(12)33-18-26(11)19-34(39-33)28(13)38-36-31(22(5)6)16-25(10)17-32(36)23(7)8;;;;/h14-23H,1-13H3;3*1H;/q;;;;+3/p-3. The molecule has 0 aliphatic heterocycles. The molecule has 0 unspecified atom stereocenters. The van der Waals surface area contributed by atoms with Crippen LogP contribution in [0.4, 0.5) is 11.4 Å². The zero-order chi connectivity index (χ0) is 29.2. The number of nitrogens with zero attached hydrogens (tertiary/aromatic N) is 3. The number of halogens is 3. The van der Waals surface area contributed by atoms with Gasteiger partial charge in [0.2, 0.25) is 0 Å². The van der Waals surface area contributed by atoms with Gasteiger partial charge in [0, 0.05) is 0 Å². The molecule has 0 radical (unpaired) electrons. The Morgan fingerprint density at radius 1 is 0.488 bits per heavy atom. The summed E-state index contributed by atoms with van der Waals surface area (Å²) < 4.78 is 0. The average Bonchev–Trinajstić information content (AvgIpc) is 2.84. The van der Waals surface area contributed by atoms with E-state index in [2.05, 4.69) is 126 Å². The van der Waals surface area contributed by atoms with E-state index >= 15 is 0 Å². The van der Waals surface area contributed by atoms with Crippen molar-refractivity contribution in [3.8, 4) is 0 Å². The maximum atomic E-state index is 5.24. The van der Waals surface area contributed by atoms with E-state index in [1.54, 1.807) is 0 Å². The molecule has 0 bridgehead atoms. The van der Waals surface area contributed by atoms with E-state index in [0.29, 0.717) is 23.7 Å². The second-order valence-corrected chi connectivity index (χ2v) is 12.5. The zero-order valence-corrected chi connectivity index (χ0v) is 31.4. The number of aromatic nitrogens is 1. The summed E-state index contributed by atoms with van der Waals surface area (Å²) in [5.74, 6) is 1.57. The van der Waals surface area contributed by atoms with Crippen LogP contribution >= 0.6 is 0 Å². The van der Waals surface area contributed by atoms with Gasteiger partial charge in [0.05, 0.1) is 34.2 Å². The van der Waals surface area contributed by atoms with Crippen LogP contribution in [0.2, 0.25) is 0 Å². The molecule has 0 atom stereocenters. The van der Waals surface area contributed by atoms with E-state index in [1.807, 2.05) is 0 Å². The van der Waals surface area contributed by atoms with Gasteiger partial charge in [-0.3, -0.25) is 9.98 Å². The molecular weight excluding hydrogens is 640 g/mol. The van der Waals surface area contributed by atoms with Crippen LogP contribution in [0, 0.1) is 20.8 Å². The van der Waals surface area contributed by atoms with Crippen molar-refractivity contribution in [2.24, 2.45) is 9.98 Å². The van der Waals surface area contributed by atoms with E-state index in [0.717, 1.165) is 39.7 Å². The van der Waals surface area contributed by atoms with E-state index in [-0.39, 0.29) is 54.0 Å². The Labute approximate surface area is 290 Å². The van der Waals surface area contributed by atoms with Crippen LogP contribution in [-0.2, 0) is 16.8 Å². The number of pyridine rings is 1. The largest absolute Gasteiger partial charge is 3.00 e. The zero-order valence-electron chi connectivity index (χ0n) is 28.1. The first-order chi connectivity index (χ1) is 18.2. The number of aryl methyl sites for hydroxylation is 3. The Kier molecular flexibility index (Phi) is 18.5. The molecule has 7 heteroatoms. The van der Waals surface area contributed by atoms with E-state index in [9.17, 15) is 0 Å². The maximum absolute atomic E-state index is 5.24. The van der Waals surface area contributed by atoms with Gasteiger partial charge < -0.3 is 37.2 Å². The third-order valence-electron chi connectivity index (χ3n) is 7.38. The van der Waals surface area contributed by atoms with Gasteiger partial charge in [-0.15, -0.1) is 0 Å². The fourth-order valence-corrected chi connectivity index (χ4v) is 5.18. The molecule has 0 saturated heterocycles. The first-order valence-electron chi connectivity index (χ1n) is 14.6. The van der Waals surface area contributed by atoms with Crippen molar-refractivity contribution in [1.29, 1.82) is 0 Å². The quantitative estimate of drug-likeness (QED) is 0.333. The fourth-order valence-electron chi connectivity index (χ4n) is 5.18. The van der Waals surface area contributed by atoms with Crippen LogP contribution in [0.5, 0.6) is 0 Å². The smallest absolute Gasteiger partial charge is 1.00 e. The molecule has 2 aromatic carbocycles. The first kappa shape index (κ1) is 43.4.